The van der Waals surface area contributed by atoms with Gasteiger partial charge in [-0.25, -0.2) is 4.79 Å². The lowest BCUT2D eigenvalue weighted by Gasteiger charge is -2.13. The van der Waals surface area contributed by atoms with Crippen molar-refractivity contribution in [3.8, 4) is 0 Å². The van der Waals surface area contributed by atoms with Crippen LogP contribution in [0.4, 0.5) is 5.69 Å². The van der Waals surface area contributed by atoms with Crippen LogP contribution in [0.5, 0.6) is 0 Å². The quantitative estimate of drug-likeness (QED) is 0.530. The molecule has 1 aromatic rings. The third-order valence-corrected chi connectivity index (χ3v) is 4.24. The van der Waals surface area contributed by atoms with Crippen LogP contribution in [0.1, 0.15) is 55.8 Å². The number of rotatable bonds is 9. The summed E-state index contributed by atoms with van der Waals surface area (Å²) in [5.74, 6) is -0.326. The second kappa shape index (κ2) is 10.5. The molecule has 0 saturated heterocycles. The van der Waals surface area contributed by atoms with Crippen molar-refractivity contribution >= 4 is 17.6 Å². The summed E-state index contributed by atoms with van der Waals surface area (Å²) in [6.07, 6.45) is 8.53. The summed E-state index contributed by atoms with van der Waals surface area (Å²) >= 11 is 0. The molecule has 0 spiro atoms. The molecule has 136 valence electrons. The van der Waals surface area contributed by atoms with E-state index in [1.165, 1.54) is 31.3 Å². The molecule has 1 aliphatic rings. The van der Waals surface area contributed by atoms with Crippen LogP contribution < -0.4 is 10.6 Å². The van der Waals surface area contributed by atoms with E-state index in [-0.39, 0.29) is 11.9 Å². The van der Waals surface area contributed by atoms with Crippen LogP contribution >= 0.6 is 0 Å². The summed E-state index contributed by atoms with van der Waals surface area (Å²) in [6, 6.07) is 7.19. The predicted molar refractivity (Wildman–Crippen MR) is 99.7 cm³/mol. The van der Waals surface area contributed by atoms with Crippen molar-refractivity contribution in [2.75, 3.05) is 25.0 Å². The number of amides is 1. The molecule has 0 fully saturated rings. The van der Waals surface area contributed by atoms with Gasteiger partial charge in [0.2, 0.25) is 5.91 Å². The number of anilines is 1. The molecule has 0 saturated carbocycles. The SMILES string of the molecule is CCOC(=O)c1ccccc1NCCC(=O)NCCC1=CCCCC1. The molecule has 2 rings (SSSR count). The van der Waals surface area contributed by atoms with Gasteiger partial charge < -0.3 is 15.4 Å². The molecular weight excluding hydrogens is 316 g/mol. The monoisotopic (exact) mass is 344 g/mol. The molecule has 0 unspecified atom stereocenters. The van der Waals surface area contributed by atoms with E-state index in [1.807, 2.05) is 12.1 Å². The van der Waals surface area contributed by atoms with E-state index < -0.39 is 0 Å². The summed E-state index contributed by atoms with van der Waals surface area (Å²) in [7, 11) is 0. The van der Waals surface area contributed by atoms with Crippen molar-refractivity contribution in [3.05, 3.63) is 41.5 Å². The number of hydrogen-bond donors (Lipinski definition) is 2. The number of ether oxygens (including phenoxy) is 1. The first-order valence-electron chi connectivity index (χ1n) is 9.15. The number of hydrogen-bond acceptors (Lipinski definition) is 4. The average molecular weight is 344 g/mol. The van der Waals surface area contributed by atoms with E-state index in [2.05, 4.69) is 16.7 Å². The van der Waals surface area contributed by atoms with Gasteiger partial charge in [0.05, 0.1) is 12.2 Å². The van der Waals surface area contributed by atoms with Gasteiger partial charge in [-0.2, -0.15) is 0 Å². The molecule has 0 aliphatic heterocycles. The summed E-state index contributed by atoms with van der Waals surface area (Å²) in [5, 5.41) is 6.11. The van der Waals surface area contributed by atoms with Crippen LogP contribution in [0.15, 0.2) is 35.9 Å². The largest absolute Gasteiger partial charge is 0.462 e. The van der Waals surface area contributed by atoms with Gasteiger partial charge in [0.25, 0.3) is 0 Å². The van der Waals surface area contributed by atoms with E-state index in [0.717, 1.165) is 6.42 Å². The molecule has 5 heteroatoms. The number of carbonyl (C=O) groups excluding carboxylic acids is 2. The number of benzene rings is 1. The fraction of sp³-hybridized carbons (Fsp3) is 0.500. The van der Waals surface area contributed by atoms with Gasteiger partial charge in [0.15, 0.2) is 0 Å². The highest BCUT2D eigenvalue weighted by atomic mass is 16.5. The Balaban J connectivity index is 1.70. The Hall–Kier alpha value is -2.30. The zero-order chi connectivity index (χ0) is 17.9. The maximum absolute atomic E-state index is 11.9. The fourth-order valence-electron chi connectivity index (χ4n) is 2.92. The summed E-state index contributed by atoms with van der Waals surface area (Å²) < 4.78 is 5.04. The lowest BCUT2D eigenvalue weighted by molar-refractivity contribution is -0.120. The minimum atomic E-state index is -0.351. The number of carbonyl (C=O) groups is 2. The third-order valence-electron chi connectivity index (χ3n) is 4.24. The summed E-state index contributed by atoms with van der Waals surface area (Å²) in [4.78, 5) is 23.8. The molecule has 5 nitrogen and oxygen atoms in total. The molecule has 25 heavy (non-hydrogen) atoms. The van der Waals surface area contributed by atoms with Gasteiger partial charge in [-0.3, -0.25) is 4.79 Å². The molecule has 1 aromatic carbocycles. The first-order chi connectivity index (χ1) is 12.2. The van der Waals surface area contributed by atoms with Crippen LogP contribution in [-0.2, 0) is 9.53 Å². The molecule has 0 aromatic heterocycles. The van der Waals surface area contributed by atoms with E-state index in [4.69, 9.17) is 4.74 Å². The fourth-order valence-corrected chi connectivity index (χ4v) is 2.92. The number of para-hydroxylation sites is 1. The average Bonchev–Trinajstić information content (AvgIpc) is 2.63. The minimum Gasteiger partial charge on any atom is -0.462 e. The van der Waals surface area contributed by atoms with Gasteiger partial charge in [0, 0.05) is 25.2 Å². The first kappa shape index (κ1) is 19.0. The summed E-state index contributed by atoms with van der Waals surface area (Å²) in [5.41, 5.74) is 2.66. The molecule has 0 bridgehead atoms. The molecular formula is C20H28N2O3. The maximum atomic E-state index is 11.9. The van der Waals surface area contributed by atoms with Gasteiger partial charge >= 0.3 is 5.97 Å². The molecule has 1 aliphatic carbocycles. The number of esters is 1. The van der Waals surface area contributed by atoms with Gasteiger partial charge in [-0.1, -0.05) is 23.8 Å². The molecule has 0 atom stereocenters. The predicted octanol–water partition coefficient (Wildman–Crippen LogP) is 3.67. The second-order valence-corrected chi connectivity index (χ2v) is 6.15. The molecule has 0 heterocycles. The van der Waals surface area contributed by atoms with Crippen molar-refractivity contribution in [2.24, 2.45) is 0 Å². The Bertz CT molecular complexity index is 611. The second-order valence-electron chi connectivity index (χ2n) is 6.15. The highest BCUT2D eigenvalue weighted by molar-refractivity contribution is 5.95. The molecule has 1 amide bonds. The smallest absolute Gasteiger partial charge is 0.340 e. The Kier molecular flexibility index (Phi) is 8.02. The van der Waals surface area contributed by atoms with Crippen LogP contribution in [0.25, 0.3) is 0 Å². The van der Waals surface area contributed by atoms with Gasteiger partial charge in [0.1, 0.15) is 0 Å². The van der Waals surface area contributed by atoms with Crippen molar-refractivity contribution < 1.29 is 14.3 Å². The Morgan fingerprint density at radius 1 is 1.16 bits per heavy atom. The zero-order valence-electron chi connectivity index (χ0n) is 15.0. The van der Waals surface area contributed by atoms with E-state index in [0.29, 0.717) is 37.4 Å². The van der Waals surface area contributed by atoms with E-state index >= 15 is 0 Å². The van der Waals surface area contributed by atoms with Crippen molar-refractivity contribution in [1.82, 2.24) is 5.32 Å². The number of nitrogens with one attached hydrogen (secondary N) is 2. The van der Waals surface area contributed by atoms with Crippen molar-refractivity contribution in [3.63, 3.8) is 0 Å². The maximum Gasteiger partial charge on any atom is 0.340 e. The standard InChI is InChI=1S/C20H28N2O3/c1-2-25-20(24)17-10-6-7-11-18(17)21-15-13-19(23)22-14-12-16-8-4-3-5-9-16/h6-8,10-11,21H,2-5,9,12-15H2,1H3,(H,22,23). The van der Waals surface area contributed by atoms with Crippen LogP contribution in [0.3, 0.4) is 0 Å². The molecule has 0 radical (unpaired) electrons. The van der Waals surface area contributed by atoms with Crippen molar-refractivity contribution in [2.45, 2.75) is 45.4 Å². The Morgan fingerprint density at radius 3 is 2.76 bits per heavy atom. The third kappa shape index (κ3) is 6.61. The Morgan fingerprint density at radius 2 is 2.00 bits per heavy atom. The lowest BCUT2D eigenvalue weighted by atomic mass is 9.97. The Labute approximate surface area is 149 Å². The van der Waals surface area contributed by atoms with Gasteiger partial charge in [-0.05, 0) is 51.2 Å². The van der Waals surface area contributed by atoms with Crippen molar-refractivity contribution in [1.29, 1.82) is 0 Å². The number of allylic oxidation sites excluding steroid dienone is 1. The van der Waals surface area contributed by atoms with Gasteiger partial charge in [-0.15, -0.1) is 0 Å². The highest BCUT2D eigenvalue weighted by Gasteiger charge is 2.11. The lowest BCUT2D eigenvalue weighted by Crippen LogP contribution is -2.26. The van der Waals surface area contributed by atoms with E-state index in [1.54, 1.807) is 19.1 Å². The van der Waals surface area contributed by atoms with Crippen LogP contribution in [-0.4, -0.2) is 31.6 Å². The normalized spacial score (nSPS) is 13.7. The topological polar surface area (TPSA) is 67.4 Å². The molecule has 2 N–H and O–H groups in total. The highest BCUT2D eigenvalue weighted by Crippen LogP contribution is 2.19. The first-order valence-corrected chi connectivity index (χ1v) is 9.15. The van der Waals surface area contributed by atoms with Crippen LogP contribution in [0, 0.1) is 0 Å². The summed E-state index contributed by atoms with van der Waals surface area (Å²) in [6.45, 7) is 3.29. The van der Waals surface area contributed by atoms with E-state index in [9.17, 15) is 9.59 Å². The van der Waals surface area contributed by atoms with Crippen LogP contribution in [0.2, 0.25) is 0 Å². The zero-order valence-corrected chi connectivity index (χ0v) is 15.0. The minimum absolute atomic E-state index is 0.0255.